The minimum absolute atomic E-state index is 0.285. The van der Waals surface area contributed by atoms with Crippen LogP contribution in [0.3, 0.4) is 0 Å². The maximum Gasteiger partial charge on any atom is 0.191 e. The van der Waals surface area contributed by atoms with Crippen molar-refractivity contribution in [3.63, 3.8) is 0 Å². The van der Waals surface area contributed by atoms with Gasteiger partial charge in [-0.25, -0.2) is 4.99 Å². The van der Waals surface area contributed by atoms with E-state index in [-0.39, 0.29) is 6.10 Å². The van der Waals surface area contributed by atoms with Crippen LogP contribution in [0.1, 0.15) is 25.3 Å². The second-order valence-electron chi connectivity index (χ2n) is 4.95. The summed E-state index contributed by atoms with van der Waals surface area (Å²) in [5.41, 5.74) is 0.954. The van der Waals surface area contributed by atoms with Crippen molar-refractivity contribution < 1.29 is 4.74 Å². The fourth-order valence-corrected chi connectivity index (χ4v) is 2.64. The molecule has 2 rings (SSSR count). The number of nitrogens with zero attached hydrogens (tertiary/aromatic N) is 1. The molecular weight excluding hydrogens is 309 g/mol. The summed E-state index contributed by atoms with van der Waals surface area (Å²) < 4.78 is 5.60. The number of hydrogen-bond acceptors (Lipinski definition) is 2. The van der Waals surface area contributed by atoms with Crippen LogP contribution in [0.15, 0.2) is 23.2 Å². The minimum atomic E-state index is 0.285. The summed E-state index contributed by atoms with van der Waals surface area (Å²) in [5.74, 6) is 0.777. The van der Waals surface area contributed by atoms with Gasteiger partial charge in [-0.3, -0.25) is 0 Å². The molecule has 21 heavy (non-hydrogen) atoms. The molecule has 1 aliphatic heterocycles. The highest BCUT2D eigenvalue weighted by Gasteiger charge is 2.15. The molecule has 1 unspecified atom stereocenters. The molecule has 0 aliphatic carbocycles. The second kappa shape index (κ2) is 8.47. The number of nitrogens with one attached hydrogen (secondary N) is 2. The zero-order valence-electron chi connectivity index (χ0n) is 12.2. The van der Waals surface area contributed by atoms with Crippen molar-refractivity contribution in [2.45, 2.75) is 32.4 Å². The summed E-state index contributed by atoms with van der Waals surface area (Å²) in [6.45, 7) is 5.00. The molecular formula is C15H21Cl2N3O. The van der Waals surface area contributed by atoms with E-state index in [0.29, 0.717) is 16.6 Å². The number of hydrogen-bond donors (Lipinski definition) is 2. The number of halogens is 2. The maximum atomic E-state index is 6.16. The van der Waals surface area contributed by atoms with E-state index < -0.39 is 0 Å². The molecule has 1 fully saturated rings. The Bertz CT molecular complexity index is 488. The Kier molecular flexibility index (Phi) is 6.61. The zero-order valence-corrected chi connectivity index (χ0v) is 13.7. The molecule has 0 saturated carbocycles. The van der Waals surface area contributed by atoms with E-state index >= 15 is 0 Å². The fourth-order valence-electron chi connectivity index (χ4n) is 2.17. The number of ether oxygens (including phenoxy) is 1. The van der Waals surface area contributed by atoms with E-state index in [1.807, 2.05) is 19.1 Å². The predicted molar refractivity (Wildman–Crippen MR) is 88.3 cm³/mol. The van der Waals surface area contributed by atoms with Crippen molar-refractivity contribution in [2.75, 3.05) is 19.7 Å². The standard InChI is InChI=1S/C15H21Cl2N3O/c1-2-18-15(20-10-13-4-3-7-21-13)19-9-11-5-6-12(16)8-14(11)17/h5-6,8,13H,2-4,7,9-10H2,1H3,(H2,18,19,20). The van der Waals surface area contributed by atoms with Gasteiger partial charge in [-0.1, -0.05) is 29.3 Å². The molecule has 0 radical (unpaired) electrons. The van der Waals surface area contributed by atoms with E-state index in [9.17, 15) is 0 Å². The number of guanidine groups is 1. The van der Waals surface area contributed by atoms with Gasteiger partial charge < -0.3 is 15.4 Å². The quantitative estimate of drug-likeness (QED) is 0.644. The Morgan fingerprint density at radius 3 is 2.90 bits per heavy atom. The summed E-state index contributed by atoms with van der Waals surface area (Å²) in [4.78, 5) is 4.55. The highest BCUT2D eigenvalue weighted by atomic mass is 35.5. The zero-order chi connectivity index (χ0) is 15.1. The van der Waals surface area contributed by atoms with Gasteiger partial charge in [0, 0.05) is 29.7 Å². The normalized spacial score (nSPS) is 18.8. The lowest BCUT2D eigenvalue weighted by Crippen LogP contribution is -2.41. The SMILES string of the molecule is CCNC(=NCc1ccc(Cl)cc1Cl)NCC1CCCO1. The van der Waals surface area contributed by atoms with E-state index in [1.54, 1.807) is 6.07 Å². The van der Waals surface area contributed by atoms with Crippen molar-refractivity contribution >= 4 is 29.2 Å². The van der Waals surface area contributed by atoms with Crippen molar-refractivity contribution in [2.24, 2.45) is 4.99 Å². The molecule has 2 N–H and O–H groups in total. The second-order valence-corrected chi connectivity index (χ2v) is 5.79. The summed E-state index contributed by atoms with van der Waals surface area (Å²) >= 11 is 12.0. The Hall–Kier alpha value is -0.970. The van der Waals surface area contributed by atoms with Crippen LogP contribution < -0.4 is 10.6 Å². The van der Waals surface area contributed by atoms with Crippen molar-refractivity contribution in [3.8, 4) is 0 Å². The molecule has 0 amide bonds. The smallest absolute Gasteiger partial charge is 0.191 e. The molecule has 1 aliphatic rings. The van der Waals surface area contributed by atoms with Gasteiger partial charge in [0.15, 0.2) is 5.96 Å². The summed E-state index contributed by atoms with van der Waals surface area (Å²) in [6, 6.07) is 5.46. The van der Waals surface area contributed by atoms with Gasteiger partial charge in [-0.05, 0) is 37.5 Å². The molecule has 4 nitrogen and oxygen atoms in total. The van der Waals surface area contributed by atoms with Crippen LogP contribution in [-0.4, -0.2) is 31.8 Å². The van der Waals surface area contributed by atoms with Crippen LogP contribution >= 0.6 is 23.2 Å². The third-order valence-corrected chi connectivity index (χ3v) is 3.87. The predicted octanol–water partition coefficient (Wildman–Crippen LogP) is 3.23. The molecule has 1 atom stereocenters. The van der Waals surface area contributed by atoms with E-state index in [0.717, 1.165) is 44.1 Å². The van der Waals surface area contributed by atoms with Gasteiger partial charge in [0.25, 0.3) is 0 Å². The molecule has 116 valence electrons. The lowest BCUT2D eigenvalue weighted by Gasteiger charge is -2.15. The average Bonchev–Trinajstić information content (AvgIpc) is 2.96. The largest absolute Gasteiger partial charge is 0.376 e. The Morgan fingerprint density at radius 2 is 2.24 bits per heavy atom. The van der Waals surface area contributed by atoms with Crippen LogP contribution in [-0.2, 0) is 11.3 Å². The van der Waals surface area contributed by atoms with E-state index in [4.69, 9.17) is 27.9 Å². The first-order chi connectivity index (χ1) is 10.2. The van der Waals surface area contributed by atoms with Crippen LogP contribution in [0.4, 0.5) is 0 Å². The van der Waals surface area contributed by atoms with Gasteiger partial charge in [0.1, 0.15) is 0 Å². The third-order valence-electron chi connectivity index (χ3n) is 3.29. The third kappa shape index (κ3) is 5.38. The number of rotatable bonds is 5. The van der Waals surface area contributed by atoms with Gasteiger partial charge in [0.05, 0.1) is 12.6 Å². The lowest BCUT2D eigenvalue weighted by molar-refractivity contribution is 0.114. The maximum absolute atomic E-state index is 6.16. The summed E-state index contributed by atoms with van der Waals surface area (Å²) in [5, 5.41) is 7.81. The highest BCUT2D eigenvalue weighted by Crippen LogP contribution is 2.21. The number of benzene rings is 1. The molecule has 1 aromatic rings. The molecule has 0 spiro atoms. The van der Waals surface area contributed by atoms with Gasteiger partial charge >= 0.3 is 0 Å². The summed E-state index contributed by atoms with van der Waals surface area (Å²) in [7, 11) is 0. The highest BCUT2D eigenvalue weighted by molar-refractivity contribution is 6.35. The Labute approximate surface area is 135 Å². The van der Waals surface area contributed by atoms with Crippen molar-refractivity contribution in [1.82, 2.24) is 10.6 Å². The van der Waals surface area contributed by atoms with Gasteiger partial charge in [-0.2, -0.15) is 0 Å². The first-order valence-corrected chi connectivity index (χ1v) is 8.02. The van der Waals surface area contributed by atoms with Crippen molar-refractivity contribution in [3.05, 3.63) is 33.8 Å². The van der Waals surface area contributed by atoms with Crippen LogP contribution in [0.5, 0.6) is 0 Å². The van der Waals surface area contributed by atoms with Crippen molar-refractivity contribution in [1.29, 1.82) is 0 Å². The lowest BCUT2D eigenvalue weighted by atomic mass is 10.2. The van der Waals surface area contributed by atoms with E-state index in [2.05, 4.69) is 15.6 Å². The Balaban J connectivity index is 1.92. The van der Waals surface area contributed by atoms with Gasteiger partial charge in [-0.15, -0.1) is 0 Å². The Morgan fingerprint density at radius 1 is 1.38 bits per heavy atom. The van der Waals surface area contributed by atoms with Crippen LogP contribution in [0.2, 0.25) is 10.0 Å². The minimum Gasteiger partial charge on any atom is -0.376 e. The van der Waals surface area contributed by atoms with Crippen LogP contribution in [0, 0.1) is 0 Å². The van der Waals surface area contributed by atoms with Gasteiger partial charge in [0.2, 0.25) is 0 Å². The molecule has 1 saturated heterocycles. The average molecular weight is 330 g/mol. The monoisotopic (exact) mass is 329 g/mol. The van der Waals surface area contributed by atoms with Crippen LogP contribution in [0.25, 0.3) is 0 Å². The topological polar surface area (TPSA) is 45.7 Å². The molecule has 0 bridgehead atoms. The first-order valence-electron chi connectivity index (χ1n) is 7.26. The molecule has 6 heteroatoms. The first kappa shape index (κ1) is 16.4. The number of aliphatic imine (C=N–C) groups is 1. The molecule has 0 aromatic heterocycles. The van der Waals surface area contributed by atoms with E-state index in [1.165, 1.54) is 0 Å². The molecule has 1 aromatic carbocycles. The summed E-state index contributed by atoms with van der Waals surface area (Å²) in [6.07, 6.45) is 2.53. The fraction of sp³-hybridized carbons (Fsp3) is 0.533. The molecule has 1 heterocycles.